The zero-order valence-electron chi connectivity index (χ0n) is 30.7. The summed E-state index contributed by atoms with van der Waals surface area (Å²) in [6.45, 7) is 17.4. The number of nitrogens with zero attached hydrogens (tertiary/aromatic N) is 3. The van der Waals surface area contributed by atoms with E-state index in [1.165, 1.54) is 4.90 Å². The average Bonchev–Trinajstić information content (AvgIpc) is 3.10. The molecule has 50 heavy (non-hydrogen) atoms. The van der Waals surface area contributed by atoms with Crippen molar-refractivity contribution < 1.29 is 33.3 Å². The Morgan fingerprint density at radius 3 is 2.34 bits per heavy atom. The minimum Gasteiger partial charge on any atom is -0.490 e. The topological polar surface area (TPSA) is 103 Å². The molecule has 272 valence electrons. The van der Waals surface area contributed by atoms with Gasteiger partial charge >= 0.3 is 6.09 Å². The third kappa shape index (κ3) is 8.62. The Morgan fingerprint density at radius 2 is 1.70 bits per heavy atom. The molecule has 0 saturated carbocycles. The molecule has 1 aromatic heterocycles. The molecule has 3 aromatic rings. The number of amides is 1. The summed E-state index contributed by atoms with van der Waals surface area (Å²) >= 11 is 0. The van der Waals surface area contributed by atoms with Crippen molar-refractivity contribution in [1.29, 1.82) is 0 Å². The van der Waals surface area contributed by atoms with E-state index in [1.54, 1.807) is 13.3 Å². The Balaban J connectivity index is 1.47. The first-order valence-corrected chi connectivity index (χ1v) is 20.1. The monoisotopic (exact) mass is 705 g/mol. The molecule has 0 spiro atoms. The SMILES string of the molecule is COCCCN1CCOc2ccc(COC3CN(C(=O)O)CC(O[Si](C(C)C)(C(C)C)C(C)C)C3c3ccc(Oc4ccccn4)cc3)cc21. The third-order valence-electron chi connectivity index (χ3n) is 10.3. The van der Waals surface area contributed by atoms with E-state index in [9.17, 15) is 9.90 Å². The van der Waals surface area contributed by atoms with Crippen molar-refractivity contribution in [3.05, 3.63) is 78.0 Å². The van der Waals surface area contributed by atoms with Crippen molar-refractivity contribution in [3.63, 3.8) is 0 Å². The fourth-order valence-electron chi connectivity index (χ4n) is 8.03. The van der Waals surface area contributed by atoms with Crippen molar-refractivity contribution in [3.8, 4) is 17.4 Å². The van der Waals surface area contributed by atoms with Crippen LogP contribution in [0.3, 0.4) is 0 Å². The minimum atomic E-state index is -2.41. The van der Waals surface area contributed by atoms with Gasteiger partial charge in [0, 0.05) is 45.0 Å². The highest BCUT2D eigenvalue weighted by Crippen LogP contribution is 2.46. The number of carbonyl (C=O) groups is 1. The molecule has 2 aliphatic rings. The van der Waals surface area contributed by atoms with Crippen LogP contribution in [0.15, 0.2) is 66.9 Å². The molecule has 3 unspecified atom stereocenters. The highest BCUT2D eigenvalue weighted by Gasteiger charge is 2.51. The first-order chi connectivity index (χ1) is 24.0. The molecule has 3 heterocycles. The van der Waals surface area contributed by atoms with Gasteiger partial charge in [-0.15, -0.1) is 0 Å². The molecular weight excluding hydrogens is 651 g/mol. The number of benzene rings is 2. The third-order valence-corrected chi connectivity index (χ3v) is 16.4. The van der Waals surface area contributed by atoms with Gasteiger partial charge in [-0.25, -0.2) is 9.78 Å². The molecule has 0 bridgehead atoms. The van der Waals surface area contributed by atoms with Crippen LogP contribution < -0.4 is 14.4 Å². The molecule has 0 aliphatic carbocycles. The van der Waals surface area contributed by atoms with E-state index in [4.69, 9.17) is 23.4 Å². The summed E-state index contributed by atoms with van der Waals surface area (Å²) in [4.78, 5) is 20.7. The maximum Gasteiger partial charge on any atom is 0.407 e. The number of piperidine rings is 1. The standard InChI is InChI=1S/C39H55N3O7Si/c1-27(2)50(28(3)4,29(5)6)49-36-25-42(39(43)44)24-35(38(36)31-13-15-32(16-14-31)48-37-11-8-9-18-40-37)47-26-30-12-17-34-33(23-30)41(20-22-46-34)19-10-21-45-7/h8-9,11-18,23,27-29,35-36,38H,10,19-22,24-26H2,1-7H3,(H,43,44). The number of carboxylic acid groups (broad SMARTS) is 1. The van der Waals surface area contributed by atoms with E-state index in [-0.39, 0.29) is 25.1 Å². The van der Waals surface area contributed by atoms with Crippen LogP contribution in [0.4, 0.5) is 10.5 Å². The van der Waals surface area contributed by atoms with Crippen LogP contribution in [0, 0.1) is 0 Å². The Hall–Kier alpha value is -3.64. The van der Waals surface area contributed by atoms with E-state index in [0.717, 1.165) is 42.1 Å². The van der Waals surface area contributed by atoms with Crippen LogP contribution in [0.2, 0.25) is 16.6 Å². The van der Waals surface area contributed by atoms with Gasteiger partial charge in [0.1, 0.15) is 18.1 Å². The van der Waals surface area contributed by atoms with Gasteiger partial charge in [0.25, 0.3) is 0 Å². The van der Waals surface area contributed by atoms with Crippen molar-refractivity contribution in [2.24, 2.45) is 0 Å². The van der Waals surface area contributed by atoms with Crippen LogP contribution in [0.1, 0.15) is 65.0 Å². The Morgan fingerprint density at radius 1 is 0.980 bits per heavy atom. The molecule has 1 N–H and O–H groups in total. The molecule has 2 aromatic carbocycles. The summed E-state index contributed by atoms with van der Waals surface area (Å²) in [5.41, 5.74) is 4.08. The molecule has 1 amide bonds. The maximum atomic E-state index is 12.6. The molecule has 10 nitrogen and oxygen atoms in total. The van der Waals surface area contributed by atoms with Gasteiger partial charge in [-0.2, -0.15) is 0 Å². The Kier molecular flexibility index (Phi) is 12.8. The van der Waals surface area contributed by atoms with Gasteiger partial charge in [-0.05, 0) is 64.5 Å². The number of pyridine rings is 1. The zero-order chi connectivity index (χ0) is 35.8. The van der Waals surface area contributed by atoms with Gasteiger partial charge < -0.3 is 38.3 Å². The molecular formula is C39H55N3O7Si. The summed E-state index contributed by atoms with van der Waals surface area (Å²) in [5.74, 6) is 1.85. The van der Waals surface area contributed by atoms with Crippen LogP contribution in [0.5, 0.6) is 17.4 Å². The predicted octanol–water partition coefficient (Wildman–Crippen LogP) is 8.33. The normalized spacial score (nSPS) is 19.5. The number of aromatic nitrogens is 1. The summed E-state index contributed by atoms with van der Waals surface area (Å²) in [7, 11) is -0.682. The summed E-state index contributed by atoms with van der Waals surface area (Å²) in [5, 5.41) is 10.3. The number of ether oxygens (including phenoxy) is 4. The molecule has 11 heteroatoms. The van der Waals surface area contributed by atoms with Gasteiger partial charge in [-0.1, -0.05) is 65.8 Å². The molecule has 3 atom stereocenters. The number of methoxy groups -OCH3 is 1. The fourth-order valence-corrected chi connectivity index (χ4v) is 13.6. The molecule has 5 rings (SSSR count). The lowest BCUT2D eigenvalue weighted by Crippen LogP contribution is -2.59. The van der Waals surface area contributed by atoms with Gasteiger partial charge in [0.05, 0.1) is 37.6 Å². The van der Waals surface area contributed by atoms with Crippen molar-refractivity contribution in [2.45, 2.75) is 89.3 Å². The number of likely N-dealkylation sites (tertiary alicyclic amines) is 1. The first-order valence-electron chi connectivity index (χ1n) is 18.0. The van der Waals surface area contributed by atoms with Crippen LogP contribution in [-0.2, 0) is 20.5 Å². The van der Waals surface area contributed by atoms with Gasteiger partial charge in [0.15, 0.2) is 0 Å². The summed E-state index contributed by atoms with van der Waals surface area (Å²) < 4.78 is 31.5. The van der Waals surface area contributed by atoms with E-state index < -0.39 is 20.5 Å². The minimum absolute atomic E-state index is 0.205. The lowest BCUT2D eigenvalue weighted by Gasteiger charge is -2.50. The molecule has 1 saturated heterocycles. The second-order valence-corrected chi connectivity index (χ2v) is 19.8. The number of rotatable bonds is 15. The summed E-state index contributed by atoms with van der Waals surface area (Å²) in [6.07, 6.45) is 0.822. The number of hydrogen-bond acceptors (Lipinski definition) is 8. The van der Waals surface area contributed by atoms with Gasteiger partial charge in [0.2, 0.25) is 14.2 Å². The number of fused-ring (bicyclic) bond motifs is 1. The summed E-state index contributed by atoms with van der Waals surface area (Å²) in [6, 6.07) is 19.8. The average molecular weight is 706 g/mol. The highest BCUT2D eigenvalue weighted by molar-refractivity contribution is 6.77. The lowest BCUT2D eigenvalue weighted by atomic mass is 9.84. The maximum absolute atomic E-state index is 12.6. The number of hydrogen-bond donors (Lipinski definition) is 1. The fraction of sp³-hybridized carbons (Fsp3) is 0.538. The highest BCUT2D eigenvalue weighted by atomic mass is 28.4. The number of anilines is 1. The van der Waals surface area contributed by atoms with Crippen LogP contribution >= 0.6 is 0 Å². The predicted molar refractivity (Wildman–Crippen MR) is 198 cm³/mol. The molecule has 2 aliphatic heterocycles. The Bertz CT molecular complexity index is 1500. The second kappa shape index (κ2) is 17.0. The van der Waals surface area contributed by atoms with E-state index in [1.807, 2.05) is 42.5 Å². The van der Waals surface area contributed by atoms with Crippen molar-refractivity contribution >= 4 is 20.1 Å². The first kappa shape index (κ1) is 37.6. The van der Waals surface area contributed by atoms with Crippen LogP contribution in [-0.4, -0.2) is 88.1 Å². The van der Waals surface area contributed by atoms with E-state index >= 15 is 0 Å². The van der Waals surface area contributed by atoms with Gasteiger partial charge in [-0.3, -0.25) is 0 Å². The van der Waals surface area contributed by atoms with E-state index in [0.29, 0.717) is 48.1 Å². The van der Waals surface area contributed by atoms with Crippen molar-refractivity contribution in [1.82, 2.24) is 9.88 Å². The largest absolute Gasteiger partial charge is 0.490 e. The van der Waals surface area contributed by atoms with Crippen LogP contribution in [0.25, 0.3) is 0 Å². The molecule has 0 radical (unpaired) electrons. The Labute approximate surface area is 298 Å². The van der Waals surface area contributed by atoms with E-state index in [2.05, 4.69) is 69.6 Å². The quantitative estimate of drug-likeness (QED) is 0.124. The second-order valence-electron chi connectivity index (χ2n) is 14.4. The molecule has 1 fully saturated rings. The zero-order valence-corrected chi connectivity index (χ0v) is 31.7. The van der Waals surface area contributed by atoms with Crippen molar-refractivity contribution in [2.75, 3.05) is 51.4 Å². The lowest BCUT2D eigenvalue weighted by molar-refractivity contribution is -0.0630. The smallest absolute Gasteiger partial charge is 0.407 e.